The fraction of sp³-hybridized carbons (Fsp3) is 0.917. The molecule has 0 spiro atoms. The first kappa shape index (κ1) is 13.5. The van der Waals surface area contributed by atoms with Gasteiger partial charge in [-0.25, -0.2) is 0 Å². The second kappa shape index (κ2) is 6.86. The van der Waals surface area contributed by atoms with E-state index in [1.54, 1.807) is 0 Å². The molecule has 0 bridgehead atoms. The highest BCUT2D eigenvalue weighted by atomic mass is 16.2. The summed E-state index contributed by atoms with van der Waals surface area (Å²) in [5.74, 6) is 0.867. The molecule has 1 amide bonds. The number of piperazine rings is 1. The molecule has 0 radical (unpaired) electrons. The Balaban J connectivity index is 2.14. The lowest BCUT2D eigenvalue weighted by Gasteiger charge is -2.29. The minimum Gasteiger partial charge on any atom is -0.355 e. The number of rotatable bonds is 5. The smallest absolute Gasteiger partial charge is 0.238 e. The average molecular weight is 227 g/mol. The Kier molecular flexibility index (Phi) is 5.77. The van der Waals surface area contributed by atoms with Crippen LogP contribution in [0.2, 0.25) is 0 Å². The first-order chi connectivity index (χ1) is 7.59. The fourth-order valence-electron chi connectivity index (χ4n) is 1.92. The summed E-state index contributed by atoms with van der Waals surface area (Å²) in [6.45, 7) is 7.96. The van der Waals surface area contributed by atoms with Crippen LogP contribution >= 0.6 is 0 Å². The van der Waals surface area contributed by atoms with Crippen LogP contribution in [0.1, 0.15) is 26.7 Å². The van der Waals surface area contributed by atoms with E-state index in [1.807, 2.05) is 0 Å². The summed E-state index contributed by atoms with van der Waals surface area (Å²) < 4.78 is 0. The van der Waals surface area contributed by atoms with E-state index < -0.39 is 0 Å². The highest BCUT2D eigenvalue weighted by Crippen LogP contribution is 2.02. The van der Waals surface area contributed by atoms with E-state index in [9.17, 15) is 4.79 Å². The van der Waals surface area contributed by atoms with E-state index >= 15 is 0 Å². The van der Waals surface area contributed by atoms with E-state index in [0.29, 0.717) is 0 Å². The van der Waals surface area contributed by atoms with Gasteiger partial charge in [-0.2, -0.15) is 0 Å². The van der Waals surface area contributed by atoms with Crippen LogP contribution in [0.15, 0.2) is 0 Å². The SMILES string of the molecule is CC(C)CCCNC(=O)C1CN(C)CCN1. The Morgan fingerprint density at radius 3 is 2.94 bits per heavy atom. The van der Waals surface area contributed by atoms with E-state index in [1.165, 1.54) is 6.42 Å². The van der Waals surface area contributed by atoms with Crippen molar-refractivity contribution in [3.05, 3.63) is 0 Å². The summed E-state index contributed by atoms with van der Waals surface area (Å²) in [7, 11) is 2.06. The first-order valence-corrected chi connectivity index (χ1v) is 6.29. The Hall–Kier alpha value is -0.610. The fourth-order valence-corrected chi connectivity index (χ4v) is 1.92. The van der Waals surface area contributed by atoms with Gasteiger partial charge in [0, 0.05) is 26.2 Å². The third kappa shape index (κ3) is 4.94. The number of hydrogen-bond donors (Lipinski definition) is 2. The van der Waals surface area contributed by atoms with Crippen LogP contribution in [-0.4, -0.2) is 50.1 Å². The van der Waals surface area contributed by atoms with Crippen LogP contribution in [-0.2, 0) is 4.79 Å². The summed E-state index contributed by atoms with van der Waals surface area (Å²) in [6, 6.07) is -0.0298. The van der Waals surface area contributed by atoms with E-state index in [0.717, 1.165) is 38.5 Å². The largest absolute Gasteiger partial charge is 0.355 e. The molecule has 1 aliphatic rings. The molecule has 1 fully saturated rings. The molecule has 94 valence electrons. The maximum atomic E-state index is 11.8. The van der Waals surface area contributed by atoms with Gasteiger partial charge < -0.3 is 15.5 Å². The lowest BCUT2D eigenvalue weighted by Crippen LogP contribution is -2.56. The molecular weight excluding hydrogens is 202 g/mol. The standard InChI is InChI=1S/C12H25N3O/c1-10(2)5-4-6-14-12(16)11-9-15(3)8-7-13-11/h10-11,13H,4-9H2,1-3H3,(H,14,16). The molecule has 1 heterocycles. The van der Waals surface area contributed by atoms with Crippen molar-refractivity contribution >= 4 is 5.91 Å². The predicted octanol–water partition coefficient (Wildman–Crippen LogP) is 0.442. The van der Waals surface area contributed by atoms with Crippen molar-refractivity contribution < 1.29 is 4.79 Å². The Morgan fingerprint density at radius 2 is 2.31 bits per heavy atom. The molecule has 0 aliphatic carbocycles. The molecule has 4 heteroatoms. The van der Waals surface area contributed by atoms with Gasteiger partial charge in [0.15, 0.2) is 0 Å². The molecule has 16 heavy (non-hydrogen) atoms. The Morgan fingerprint density at radius 1 is 1.56 bits per heavy atom. The van der Waals surface area contributed by atoms with E-state index in [4.69, 9.17) is 0 Å². The molecular formula is C12H25N3O. The maximum absolute atomic E-state index is 11.8. The van der Waals surface area contributed by atoms with Gasteiger partial charge in [0.05, 0.1) is 6.04 Å². The Labute approximate surface area is 98.8 Å². The Bertz CT molecular complexity index is 218. The first-order valence-electron chi connectivity index (χ1n) is 6.29. The van der Waals surface area contributed by atoms with Crippen LogP contribution in [0.4, 0.5) is 0 Å². The van der Waals surface area contributed by atoms with Gasteiger partial charge in [-0.3, -0.25) is 4.79 Å². The van der Waals surface area contributed by atoms with Crippen molar-refractivity contribution in [1.29, 1.82) is 0 Å². The minimum absolute atomic E-state index is 0.0298. The van der Waals surface area contributed by atoms with Crippen molar-refractivity contribution in [2.45, 2.75) is 32.7 Å². The van der Waals surface area contributed by atoms with Gasteiger partial charge >= 0.3 is 0 Å². The molecule has 4 nitrogen and oxygen atoms in total. The van der Waals surface area contributed by atoms with Crippen molar-refractivity contribution in [2.24, 2.45) is 5.92 Å². The zero-order valence-corrected chi connectivity index (χ0v) is 10.8. The number of nitrogens with zero attached hydrogens (tertiary/aromatic N) is 1. The monoisotopic (exact) mass is 227 g/mol. The second-order valence-corrected chi connectivity index (χ2v) is 5.10. The van der Waals surface area contributed by atoms with Crippen molar-refractivity contribution in [2.75, 3.05) is 33.2 Å². The highest BCUT2D eigenvalue weighted by molar-refractivity contribution is 5.82. The number of amides is 1. The molecule has 1 unspecified atom stereocenters. The highest BCUT2D eigenvalue weighted by Gasteiger charge is 2.22. The number of hydrogen-bond acceptors (Lipinski definition) is 3. The number of carbonyl (C=O) groups excluding carboxylic acids is 1. The lowest BCUT2D eigenvalue weighted by atomic mass is 10.1. The molecule has 0 saturated carbocycles. The van der Waals surface area contributed by atoms with Gasteiger partial charge in [-0.05, 0) is 25.8 Å². The van der Waals surface area contributed by atoms with Gasteiger partial charge in [-0.1, -0.05) is 13.8 Å². The van der Waals surface area contributed by atoms with Crippen LogP contribution < -0.4 is 10.6 Å². The van der Waals surface area contributed by atoms with Crippen molar-refractivity contribution in [3.63, 3.8) is 0 Å². The topological polar surface area (TPSA) is 44.4 Å². The summed E-state index contributed by atoms with van der Waals surface area (Å²) >= 11 is 0. The van der Waals surface area contributed by atoms with Gasteiger partial charge in [-0.15, -0.1) is 0 Å². The molecule has 1 aliphatic heterocycles. The van der Waals surface area contributed by atoms with E-state index in [-0.39, 0.29) is 11.9 Å². The molecule has 1 rings (SSSR count). The lowest BCUT2D eigenvalue weighted by molar-refractivity contribution is -0.124. The van der Waals surface area contributed by atoms with Gasteiger partial charge in [0.25, 0.3) is 0 Å². The van der Waals surface area contributed by atoms with E-state index in [2.05, 4.69) is 36.4 Å². The third-order valence-corrected chi connectivity index (χ3v) is 2.95. The predicted molar refractivity (Wildman–Crippen MR) is 66.4 cm³/mol. The zero-order chi connectivity index (χ0) is 12.0. The van der Waals surface area contributed by atoms with Gasteiger partial charge in [0.1, 0.15) is 0 Å². The maximum Gasteiger partial charge on any atom is 0.238 e. The van der Waals surface area contributed by atoms with Gasteiger partial charge in [0.2, 0.25) is 5.91 Å². The molecule has 2 N–H and O–H groups in total. The van der Waals surface area contributed by atoms with Crippen LogP contribution in [0, 0.1) is 5.92 Å². The zero-order valence-electron chi connectivity index (χ0n) is 10.8. The van der Waals surface area contributed by atoms with Crippen molar-refractivity contribution in [3.8, 4) is 0 Å². The summed E-state index contributed by atoms with van der Waals surface area (Å²) in [5, 5.41) is 6.25. The molecule has 0 aromatic rings. The minimum atomic E-state index is -0.0298. The summed E-state index contributed by atoms with van der Waals surface area (Å²) in [6.07, 6.45) is 2.25. The molecule has 1 saturated heterocycles. The quantitative estimate of drug-likeness (QED) is 0.670. The molecule has 0 aromatic heterocycles. The second-order valence-electron chi connectivity index (χ2n) is 5.10. The van der Waals surface area contributed by atoms with Crippen molar-refractivity contribution in [1.82, 2.24) is 15.5 Å². The average Bonchev–Trinajstić information content (AvgIpc) is 2.24. The number of likely N-dealkylation sites (N-methyl/N-ethyl adjacent to an activating group) is 1. The number of nitrogens with one attached hydrogen (secondary N) is 2. The molecule has 0 aromatic carbocycles. The molecule has 1 atom stereocenters. The normalized spacial score (nSPS) is 22.4. The van der Waals surface area contributed by atoms with Crippen LogP contribution in [0.3, 0.4) is 0 Å². The summed E-state index contributed by atoms with van der Waals surface area (Å²) in [5.41, 5.74) is 0. The van der Waals surface area contributed by atoms with Crippen LogP contribution in [0.25, 0.3) is 0 Å². The van der Waals surface area contributed by atoms with Crippen LogP contribution in [0.5, 0.6) is 0 Å². The summed E-state index contributed by atoms with van der Waals surface area (Å²) in [4.78, 5) is 14.0. The third-order valence-electron chi connectivity index (χ3n) is 2.95. The number of carbonyl (C=O) groups is 1.